The van der Waals surface area contributed by atoms with Crippen molar-refractivity contribution < 1.29 is 0 Å². The predicted octanol–water partition coefficient (Wildman–Crippen LogP) is 2.34. The lowest BCUT2D eigenvalue weighted by Gasteiger charge is -1.92. The summed E-state index contributed by atoms with van der Waals surface area (Å²) in [7, 11) is 0. The molecule has 0 saturated heterocycles. The summed E-state index contributed by atoms with van der Waals surface area (Å²) in [4.78, 5) is 3.89. The third-order valence-corrected chi connectivity index (χ3v) is 1.44. The van der Waals surface area contributed by atoms with Crippen LogP contribution in [0.1, 0.15) is 5.69 Å². The SMILES string of the molecule is Cc1cc(S)cc(=S)[nH]1. The number of aromatic amines is 1. The van der Waals surface area contributed by atoms with Gasteiger partial charge < -0.3 is 4.98 Å². The van der Waals surface area contributed by atoms with Crippen LogP contribution in [0.15, 0.2) is 17.0 Å². The van der Waals surface area contributed by atoms with E-state index in [1.807, 2.05) is 19.1 Å². The highest BCUT2D eigenvalue weighted by atomic mass is 32.1. The lowest BCUT2D eigenvalue weighted by molar-refractivity contribution is 1.14. The zero-order valence-corrected chi connectivity index (χ0v) is 6.72. The molecule has 1 N–H and O–H groups in total. The van der Waals surface area contributed by atoms with Gasteiger partial charge >= 0.3 is 0 Å². The standard InChI is InChI=1S/C6H7NS2/c1-4-2-5(8)3-6(9)7-4/h2-3H,1H3,(H2,7,8,9). The predicted molar refractivity (Wildman–Crippen MR) is 43.6 cm³/mol. The molecule has 0 aromatic carbocycles. The summed E-state index contributed by atoms with van der Waals surface area (Å²) in [5.41, 5.74) is 1.05. The van der Waals surface area contributed by atoms with Gasteiger partial charge in [0.25, 0.3) is 0 Å². The van der Waals surface area contributed by atoms with Crippen LogP contribution < -0.4 is 0 Å². The molecule has 9 heavy (non-hydrogen) atoms. The molecule has 0 bridgehead atoms. The summed E-state index contributed by atoms with van der Waals surface area (Å²) in [6, 6.07) is 3.74. The number of aryl methyl sites for hydroxylation is 1. The maximum Gasteiger partial charge on any atom is 0.104 e. The first-order valence-electron chi connectivity index (χ1n) is 2.58. The van der Waals surface area contributed by atoms with Crippen LogP contribution in [-0.4, -0.2) is 4.98 Å². The zero-order valence-electron chi connectivity index (χ0n) is 5.01. The highest BCUT2D eigenvalue weighted by Crippen LogP contribution is 2.05. The summed E-state index contributed by atoms with van der Waals surface area (Å²) in [6.45, 7) is 1.95. The molecule has 0 amide bonds. The van der Waals surface area contributed by atoms with Crippen molar-refractivity contribution in [1.29, 1.82) is 0 Å². The molecule has 0 aliphatic heterocycles. The van der Waals surface area contributed by atoms with Gasteiger partial charge in [0.1, 0.15) is 4.64 Å². The number of nitrogens with one attached hydrogen (secondary N) is 1. The van der Waals surface area contributed by atoms with Crippen molar-refractivity contribution in [3.8, 4) is 0 Å². The molecule has 0 radical (unpaired) electrons. The van der Waals surface area contributed by atoms with Gasteiger partial charge in [-0.25, -0.2) is 0 Å². The number of aromatic nitrogens is 1. The van der Waals surface area contributed by atoms with Gasteiger partial charge in [-0.1, -0.05) is 12.2 Å². The van der Waals surface area contributed by atoms with Crippen LogP contribution in [0.4, 0.5) is 0 Å². The van der Waals surface area contributed by atoms with Gasteiger partial charge in [0.15, 0.2) is 0 Å². The van der Waals surface area contributed by atoms with E-state index in [0.29, 0.717) is 0 Å². The molecule has 0 spiro atoms. The number of H-pyrrole nitrogens is 1. The Balaban J connectivity index is 3.33. The van der Waals surface area contributed by atoms with Crippen LogP contribution in [-0.2, 0) is 0 Å². The quantitative estimate of drug-likeness (QED) is 0.436. The normalized spacial score (nSPS) is 9.56. The van der Waals surface area contributed by atoms with E-state index in [9.17, 15) is 0 Å². The smallest absolute Gasteiger partial charge is 0.104 e. The van der Waals surface area contributed by atoms with Gasteiger partial charge in [-0.15, -0.1) is 12.6 Å². The van der Waals surface area contributed by atoms with E-state index in [1.165, 1.54) is 0 Å². The second-order valence-corrected chi connectivity index (χ2v) is 2.84. The van der Waals surface area contributed by atoms with Crippen molar-refractivity contribution >= 4 is 24.8 Å². The average Bonchev–Trinajstić information content (AvgIpc) is 1.59. The van der Waals surface area contributed by atoms with E-state index in [2.05, 4.69) is 17.6 Å². The van der Waals surface area contributed by atoms with Crippen LogP contribution in [0, 0.1) is 11.6 Å². The Morgan fingerprint density at radius 2 is 2.22 bits per heavy atom. The van der Waals surface area contributed by atoms with Crippen molar-refractivity contribution in [2.75, 3.05) is 0 Å². The molecule has 0 saturated carbocycles. The Labute approximate surface area is 64.5 Å². The molecule has 1 aromatic rings. The van der Waals surface area contributed by atoms with E-state index >= 15 is 0 Å². The number of thiol groups is 1. The molecule has 0 aliphatic carbocycles. The van der Waals surface area contributed by atoms with Gasteiger partial charge in [-0.3, -0.25) is 0 Å². The van der Waals surface area contributed by atoms with Gasteiger partial charge in [-0.2, -0.15) is 0 Å². The lowest BCUT2D eigenvalue weighted by Crippen LogP contribution is -1.79. The van der Waals surface area contributed by atoms with Crippen molar-refractivity contribution in [3.05, 3.63) is 22.5 Å². The monoisotopic (exact) mass is 157 g/mol. The highest BCUT2D eigenvalue weighted by Gasteiger charge is 1.85. The molecular weight excluding hydrogens is 150 g/mol. The van der Waals surface area contributed by atoms with E-state index in [0.717, 1.165) is 15.2 Å². The maximum atomic E-state index is 4.88. The lowest BCUT2D eigenvalue weighted by atomic mass is 10.4. The second-order valence-electron chi connectivity index (χ2n) is 1.89. The van der Waals surface area contributed by atoms with E-state index in [1.54, 1.807) is 0 Å². The maximum absolute atomic E-state index is 4.88. The van der Waals surface area contributed by atoms with Crippen LogP contribution in [0.25, 0.3) is 0 Å². The van der Waals surface area contributed by atoms with Crippen molar-refractivity contribution in [2.45, 2.75) is 11.8 Å². The fourth-order valence-corrected chi connectivity index (χ4v) is 1.36. The first kappa shape index (κ1) is 6.83. The first-order chi connectivity index (χ1) is 4.18. The molecule has 0 atom stereocenters. The Kier molecular flexibility index (Phi) is 1.93. The molecule has 1 nitrogen and oxygen atoms in total. The Morgan fingerprint density at radius 1 is 1.56 bits per heavy atom. The number of hydrogen-bond acceptors (Lipinski definition) is 2. The summed E-state index contributed by atoms with van der Waals surface area (Å²) < 4.78 is 0.736. The minimum atomic E-state index is 0.736. The minimum Gasteiger partial charge on any atom is -0.350 e. The zero-order chi connectivity index (χ0) is 6.85. The number of pyridine rings is 1. The molecule has 0 aliphatic rings. The molecule has 1 aromatic heterocycles. The molecule has 1 heterocycles. The van der Waals surface area contributed by atoms with Crippen molar-refractivity contribution in [3.63, 3.8) is 0 Å². The average molecular weight is 157 g/mol. The third kappa shape index (κ3) is 1.84. The number of hydrogen-bond donors (Lipinski definition) is 2. The van der Waals surface area contributed by atoms with E-state index < -0.39 is 0 Å². The number of rotatable bonds is 0. The van der Waals surface area contributed by atoms with Crippen LogP contribution >= 0.6 is 24.8 Å². The van der Waals surface area contributed by atoms with Gasteiger partial charge in [0.05, 0.1) is 0 Å². The Morgan fingerprint density at radius 3 is 2.67 bits per heavy atom. The van der Waals surface area contributed by atoms with Crippen LogP contribution in [0.2, 0.25) is 0 Å². The van der Waals surface area contributed by atoms with E-state index in [-0.39, 0.29) is 0 Å². The van der Waals surface area contributed by atoms with Gasteiger partial charge in [0.2, 0.25) is 0 Å². The van der Waals surface area contributed by atoms with Gasteiger partial charge in [0, 0.05) is 10.6 Å². The highest BCUT2D eigenvalue weighted by molar-refractivity contribution is 7.80. The molecule has 1 rings (SSSR count). The third-order valence-electron chi connectivity index (χ3n) is 0.964. The molecular formula is C6H7NS2. The largest absolute Gasteiger partial charge is 0.350 e. The summed E-state index contributed by atoms with van der Waals surface area (Å²) >= 11 is 9.02. The van der Waals surface area contributed by atoms with Crippen molar-refractivity contribution in [1.82, 2.24) is 4.98 Å². The van der Waals surface area contributed by atoms with Crippen molar-refractivity contribution in [2.24, 2.45) is 0 Å². The summed E-state index contributed by atoms with van der Waals surface area (Å²) in [6.07, 6.45) is 0. The Hall–Kier alpha value is -0.280. The van der Waals surface area contributed by atoms with Crippen LogP contribution in [0.3, 0.4) is 0 Å². The Bertz CT molecular complexity index is 241. The summed E-state index contributed by atoms with van der Waals surface area (Å²) in [5.74, 6) is 0. The molecule has 0 unspecified atom stereocenters. The summed E-state index contributed by atoms with van der Waals surface area (Å²) in [5, 5.41) is 0. The fourth-order valence-electron chi connectivity index (χ4n) is 0.664. The fraction of sp³-hybridized carbons (Fsp3) is 0.167. The minimum absolute atomic E-state index is 0.736. The van der Waals surface area contributed by atoms with E-state index in [4.69, 9.17) is 12.2 Å². The first-order valence-corrected chi connectivity index (χ1v) is 3.44. The molecule has 48 valence electrons. The molecule has 0 fully saturated rings. The van der Waals surface area contributed by atoms with Crippen LogP contribution in [0.5, 0.6) is 0 Å². The topological polar surface area (TPSA) is 15.8 Å². The molecule has 3 heteroatoms. The van der Waals surface area contributed by atoms with Gasteiger partial charge in [-0.05, 0) is 19.1 Å². The second kappa shape index (κ2) is 2.54.